The monoisotopic (exact) mass is 548 g/mol. The number of carbonyl (C=O) groups is 3. The van der Waals surface area contributed by atoms with Crippen LogP contribution in [0.1, 0.15) is 35.3 Å². The van der Waals surface area contributed by atoms with Gasteiger partial charge in [-0.3, -0.25) is 14.4 Å². The maximum absolute atomic E-state index is 13.9. The number of fused-ring (bicyclic) bond motifs is 1. The number of imide groups is 1. The number of amides is 2. The summed E-state index contributed by atoms with van der Waals surface area (Å²) < 4.78 is 11.2. The van der Waals surface area contributed by atoms with Gasteiger partial charge in [0.1, 0.15) is 17.4 Å². The van der Waals surface area contributed by atoms with Crippen LogP contribution in [0.3, 0.4) is 0 Å². The van der Waals surface area contributed by atoms with E-state index >= 15 is 0 Å². The van der Waals surface area contributed by atoms with Crippen LogP contribution < -0.4 is 19.4 Å². The number of carbonyl (C=O) groups excluding carboxylic acids is 3. The van der Waals surface area contributed by atoms with E-state index in [0.29, 0.717) is 29.4 Å². The zero-order valence-electron chi connectivity index (χ0n) is 22.4. The summed E-state index contributed by atoms with van der Waals surface area (Å²) >= 11 is 0. The number of ether oxygens (including phenoxy) is 2. The minimum atomic E-state index is -0.987. The third-order valence-electron chi connectivity index (χ3n) is 7.14. The van der Waals surface area contributed by atoms with Gasteiger partial charge in [-0.1, -0.05) is 55.5 Å². The summed E-state index contributed by atoms with van der Waals surface area (Å²) in [6.45, 7) is 2.61. The van der Waals surface area contributed by atoms with Crippen LogP contribution in [-0.2, 0) is 14.4 Å². The van der Waals surface area contributed by atoms with Crippen LogP contribution in [0.25, 0.3) is 0 Å². The lowest BCUT2D eigenvalue weighted by atomic mass is 9.90. The van der Waals surface area contributed by atoms with E-state index < -0.39 is 29.9 Å². The molecule has 4 aromatic rings. The van der Waals surface area contributed by atoms with Crippen LogP contribution in [0.15, 0.2) is 109 Å². The Morgan fingerprint density at radius 3 is 2.05 bits per heavy atom. The van der Waals surface area contributed by atoms with Crippen LogP contribution in [0.2, 0.25) is 0 Å². The highest BCUT2D eigenvalue weighted by atomic mass is 16.7. The number of esters is 1. The molecule has 0 aliphatic carbocycles. The van der Waals surface area contributed by atoms with Crippen molar-refractivity contribution in [3.63, 3.8) is 0 Å². The number of benzene rings is 4. The van der Waals surface area contributed by atoms with E-state index in [1.165, 1.54) is 4.90 Å². The van der Waals surface area contributed by atoms with Crippen molar-refractivity contribution in [3.05, 3.63) is 120 Å². The molecule has 4 aromatic carbocycles. The summed E-state index contributed by atoms with van der Waals surface area (Å²) in [5, 5.41) is 1.63. The normalized spacial score (nSPS) is 19.8. The Hall–Kier alpha value is -4.95. The van der Waals surface area contributed by atoms with Crippen LogP contribution in [0, 0.1) is 5.92 Å². The van der Waals surface area contributed by atoms with Crippen molar-refractivity contribution in [2.24, 2.45) is 5.92 Å². The van der Waals surface area contributed by atoms with Gasteiger partial charge in [-0.05, 0) is 72.6 Å². The molecule has 206 valence electrons. The van der Waals surface area contributed by atoms with Crippen molar-refractivity contribution in [3.8, 4) is 11.5 Å². The van der Waals surface area contributed by atoms with E-state index in [9.17, 15) is 14.4 Å². The zero-order valence-corrected chi connectivity index (χ0v) is 22.4. The topological polar surface area (TPSA) is 85.4 Å². The van der Waals surface area contributed by atoms with Crippen LogP contribution >= 0.6 is 0 Å². The van der Waals surface area contributed by atoms with Gasteiger partial charge < -0.3 is 9.47 Å². The lowest BCUT2D eigenvalue weighted by molar-refractivity contribution is -0.126. The highest BCUT2D eigenvalue weighted by molar-refractivity contribution is 6.24. The molecule has 0 bridgehead atoms. The predicted octanol–water partition coefficient (Wildman–Crippen LogP) is 5.75. The van der Waals surface area contributed by atoms with Gasteiger partial charge in [0.2, 0.25) is 5.91 Å². The van der Waals surface area contributed by atoms with Crippen molar-refractivity contribution in [2.75, 3.05) is 16.6 Å². The highest BCUT2D eigenvalue weighted by Crippen LogP contribution is 2.47. The van der Waals surface area contributed by atoms with Crippen LogP contribution in [0.5, 0.6) is 11.5 Å². The first-order chi connectivity index (χ1) is 20.0. The summed E-state index contributed by atoms with van der Waals surface area (Å²) in [7, 11) is 0. The molecular formula is C33H28N2O6. The molecule has 2 aliphatic rings. The maximum Gasteiger partial charge on any atom is 0.343 e. The number of anilines is 2. The summed E-state index contributed by atoms with van der Waals surface area (Å²) in [5.74, 6) is -0.968. The minimum absolute atomic E-state index is 0.342. The van der Waals surface area contributed by atoms with E-state index in [1.54, 1.807) is 77.9 Å². The van der Waals surface area contributed by atoms with E-state index in [4.69, 9.17) is 14.3 Å². The molecule has 2 heterocycles. The molecule has 0 radical (unpaired) electrons. The van der Waals surface area contributed by atoms with Gasteiger partial charge in [0.25, 0.3) is 5.91 Å². The summed E-state index contributed by atoms with van der Waals surface area (Å²) in [4.78, 5) is 47.4. The molecule has 41 heavy (non-hydrogen) atoms. The molecule has 6 rings (SSSR count). The third kappa shape index (κ3) is 5.05. The summed E-state index contributed by atoms with van der Waals surface area (Å²) in [5.41, 5.74) is 2.37. The number of hydrogen-bond acceptors (Lipinski definition) is 7. The largest absolute Gasteiger partial charge is 0.494 e. The van der Waals surface area contributed by atoms with Gasteiger partial charge >= 0.3 is 5.97 Å². The second-order valence-electron chi connectivity index (χ2n) is 9.84. The smallest absolute Gasteiger partial charge is 0.343 e. The third-order valence-corrected chi connectivity index (χ3v) is 7.14. The fraction of sp³-hybridized carbons (Fsp3) is 0.182. The molecule has 0 N–H and O–H groups in total. The maximum atomic E-state index is 13.9. The first kappa shape index (κ1) is 26.3. The molecule has 0 aromatic heterocycles. The Kier molecular flexibility index (Phi) is 7.22. The fourth-order valence-electron chi connectivity index (χ4n) is 5.19. The molecule has 2 aliphatic heterocycles. The van der Waals surface area contributed by atoms with Crippen molar-refractivity contribution in [1.29, 1.82) is 0 Å². The molecule has 0 saturated carbocycles. The average molecular weight is 549 g/mol. The fourth-order valence-corrected chi connectivity index (χ4v) is 5.19. The molecule has 0 spiro atoms. The van der Waals surface area contributed by atoms with Gasteiger partial charge in [-0.25, -0.2) is 14.8 Å². The lowest BCUT2D eigenvalue weighted by Crippen LogP contribution is -2.37. The molecule has 2 amide bonds. The molecule has 0 unspecified atom stereocenters. The molecule has 2 fully saturated rings. The molecular weight excluding hydrogens is 520 g/mol. The number of hydrogen-bond donors (Lipinski definition) is 0. The quantitative estimate of drug-likeness (QED) is 0.158. The summed E-state index contributed by atoms with van der Waals surface area (Å²) in [6, 6.07) is 31.4. The SMILES string of the molecule is CCCOc1ccc(N2C(=O)[C@@H]3[C@@H](ON(c4ccccc4)[C@H]3c3ccc(OC(=O)c4ccccc4)cc3)C2=O)cc1. The Balaban J connectivity index is 1.29. The number of para-hydroxylation sites is 1. The van der Waals surface area contributed by atoms with E-state index in [-0.39, 0.29) is 5.91 Å². The van der Waals surface area contributed by atoms with Gasteiger partial charge in [0, 0.05) is 0 Å². The number of rotatable bonds is 8. The lowest BCUT2D eigenvalue weighted by Gasteiger charge is -2.28. The Morgan fingerprint density at radius 1 is 0.756 bits per heavy atom. The number of nitrogens with zero attached hydrogens (tertiary/aromatic N) is 2. The average Bonchev–Trinajstić information content (AvgIpc) is 3.53. The zero-order chi connectivity index (χ0) is 28.3. The molecule has 3 atom stereocenters. The Bertz CT molecular complexity index is 1540. The second kappa shape index (κ2) is 11.3. The second-order valence-corrected chi connectivity index (χ2v) is 9.84. The van der Waals surface area contributed by atoms with E-state index in [0.717, 1.165) is 17.7 Å². The van der Waals surface area contributed by atoms with Gasteiger partial charge in [-0.2, -0.15) is 0 Å². The minimum Gasteiger partial charge on any atom is -0.494 e. The Morgan fingerprint density at radius 2 is 1.39 bits per heavy atom. The van der Waals surface area contributed by atoms with Crippen molar-refractivity contribution < 1.29 is 28.7 Å². The molecule has 8 nitrogen and oxygen atoms in total. The number of hydroxylamine groups is 1. The van der Waals surface area contributed by atoms with Crippen molar-refractivity contribution >= 4 is 29.2 Å². The standard InChI is InChI=1S/C33H28N2O6/c1-2-21-39-26-19-15-24(16-20-26)34-31(36)28-29(35(41-30(28)32(34)37)25-11-7-4-8-12-25)22-13-17-27(18-14-22)40-33(38)23-9-5-3-6-10-23/h3-20,28-30H,2,21H2,1H3/t28-,29-,30+/m0/s1. The van der Waals surface area contributed by atoms with Gasteiger partial charge in [-0.15, -0.1) is 0 Å². The molecule has 8 heteroatoms. The van der Waals surface area contributed by atoms with Crippen LogP contribution in [-0.4, -0.2) is 30.5 Å². The van der Waals surface area contributed by atoms with Crippen LogP contribution in [0.4, 0.5) is 11.4 Å². The van der Waals surface area contributed by atoms with E-state index in [2.05, 4.69) is 0 Å². The van der Waals surface area contributed by atoms with E-state index in [1.807, 2.05) is 43.3 Å². The Labute approximate surface area is 237 Å². The van der Waals surface area contributed by atoms with Crippen molar-refractivity contribution in [1.82, 2.24) is 0 Å². The highest BCUT2D eigenvalue weighted by Gasteiger charge is 2.60. The van der Waals surface area contributed by atoms with Gasteiger partial charge in [0.05, 0.1) is 29.6 Å². The first-order valence-electron chi connectivity index (χ1n) is 13.5. The molecule has 2 saturated heterocycles. The first-order valence-corrected chi connectivity index (χ1v) is 13.5. The van der Waals surface area contributed by atoms with Gasteiger partial charge in [0.15, 0.2) is 6.10 Å². The van der Waals surface area contributed by atoms with Crippen molar-refractivity contribution in [2.45, 2.75) is 25.5 Å². The summed E-state index contributed by atoms with van der Waals surface area (Å²) in [6.07, 6.45) is -0.110. The predicted molar refractivity (Wildman–Crippen MR) is 153 cm³/mol.